The smallest absolute Gasteiger partial charge is 0.242 e. The molecular formula is C24H29ClN2O2S. The molecule has 1 N–H and O–H groups in total. The van der Waals surface area contributed by atoms with Gasteiger partial charge < -0.3 is 10.2 Å². The highest BCUT2D eigenvalue weighted by Crippen LogP contribution is 2.20. The molecule has 30 heavy (non-hydrogen) atoms. The maximum absolute atomic E-state index is 13.1. The van der Waals surface area contributed by atoms with E-state index in [-0.39, 0.29) is 17.9 Å². The van der Waals surface area contributed by atoms with Crippen molar-refractivity contribution in [2.24, 2.45) is 0 Å². The summed E-state index contributed by atoms with van der Waals surface area (Å²) in [5, 5.41) is 3.83. The van der Waals surface area contributed by atoms with Crippen LogP contribution in [0.15, 0.2) is 54.6 Å². The molecule has 1 fully saturated rings. The first kappa shape index (κ1) is 22.7. The van der Waals surface area contributed by atoms with E-state index in [9.17, 15) is 9.59 Å². The molecule has 0 unspecified atom stereocenters. The minimum absolute atomic E-state index is 0.0278. The Kier molecular flexibility index (Phi) is 8.64. The summed E-state index contributed by atoms with van der Waals surface area (Å²) >= 11 is 7.59. The molecule has 0 spiro atoms. The number of nitrogens with zero attached hydrogens (tertiary/aromatic N) is 1. The van der Waals surface area contributed by atoms with E-state index >= 15 is 0 Å². The lowest BCUT2D eigenvalue weighted by Gasteiger charge is -2.29. The van der Waals surface area contributed by atoms with Gasteiger partial charge in [-0.15, -0.1) is 11.8 Å². The molecule has 2 aromatic rings. The third-order valence-electron chi connectivity index (χ3n) is 5.45. The Balaban J connectivity index is 1.63. The number of rotatable bonds is 9. The van der Waals surface area contributed by atoms with Gasteiger partial charge in [0.2, 0.25) is 11.8 Å². The highest BCUT2D eigenvalue weighted by Gasteiger charge is 2.28. The maximum Gasteiger partial charge on any atom is 0.242 e. The first-order valence-corrected chi connectivity index (χ1v) is 12.0. The molecule has 160 valence electrons. The van der Waals surface area contributed by atoms with E-state index in [0.717, 1.165) is 36.8 Å². The molecule has 4 nitrogen and oxygen atoms in total. The van der Waals surface area contributed by atoms with Gasteiger partial charge in [0.05, 0.1) is 5.75 Å². The predicted octanol–water partition coefficient (Wildman–Crippen LogP) is 5.05. The number of nitrogens with one attached hydrogen (secondary N) is 1. The molecule has 0 aliphatic heterocycles. The average Bonchev–Trinajstić information content (AvgIpc) is 3.25. The third-order valence-corrected chi connectivity index (χ3v) is 6.67. The lowest BCUT2D eigenvalue weighted by molar-refractivity contribution is -0.138. The number of carbonyl (C=O) groups excluding carboxylic acids is 2. The number of carbonyl (C=O) groups is 2. The van der Waals surface area contributed by atoms with Gasteiger partial charge >= 0.3 is 0 Å². The SMILES string of the molecule is C[C@@H](C(=O)NC1CCCC1)N(Cc1ccccc1)C(=O)CSCc1cccc(Cl)c1. The quantitative estimate of drug-likeness (QED) is 0.588. The van der Waals surface area contributed by atoms with Crippen molar-refractivity contribution in [2.45, 2.75) is 57.0 Å². The molecule has 2 amide bonds. The van der Waals surface area contributed by atoms with Crippen molar-refractivity contribution in [1.82, 2.24) is 10.2 Å². The molecule has 2 aromatic carbocycles. The summed E-state index contributed by atoms with van der Waals surface area (Å²) in [6, 6.07) is 17.2. The molecule has 0 bridgehead atoms. The standard InChI is InChI=1S/C24H29ClN2O2S/c1-18(24(29)26-22-12-5-6-13-22)27(15-19-8-3-2-4-9-19)23(28)17-30-16-20-10-7-11-21(25)14-20/h2-4,7-11,14,18,22H,5-6,12-13,15-17H2,1H3,(H,26,29)/t18-/m0/s1. The van der Waals surface area contributed by atoms with E-state index in [4.69, 9.17) is 11.6 Å². The molecular weight excluding hydrogens is 416 g/mol. The second kappa shape index (κ2) is 11.4. The van der Waals surface area contributed by atoms with E-state index in [2.05, 4.69) is 5.32 Å². The van der Waals surface area contributed by atoms with Gasteiger partial charge in [-0.05, 0) is 43.0 Å². The number of thioether (sulfide) groups is 1. The molecule has 1 aliphatic rings. The largest absolute Gasteiger partial charge is 0.352 e. The Bertz CT molecular complexity index is 840. The molecule has 1 atom stereocenters. The van der Waals surface area contributed by atoms with Gasteiger partial charge in [0.15, 0.2) is 0 Å². The molecule has 3 rings (SSSR count). The Morgan fingerprint density at radius 3 is 2.50 bits per heavy atom. The summed E-state index contributed by atoms with van der Waals surface area (Å²) < 4.78 is 0. The van der Waals surface area contributed by atoms with Crippen molar-refractivity contribution in [3.8, 4) is 0 Å². The highest BCUT2D eigenvalue weighted by atomic mass is 35.5. The van der Waals surface area contributed by atoms with E-state index < -0.39 is 6.04 Å². The Labute approximate surface area is 188 Å². The molecule has 0 heterocycles. The third kappa shape index (κ3) is 6.78. The Morgan fingerprint density at radius 1 is 1.10 bits per heavy atom. The maximum atomic E-state index is 13.1. The summed E-state index contributed by atoms with van der Waals surface area (Å²) in [6.45, 7) is 2.25. The van der Waals surface area contributed by atoms with E-state index in [1.54, 1.807) is 16.7 Å². The predicted molar refractivity (Wildman–Crippen MR) is 124 cm³/mol. The molecule has 0 aromatic heterocycles. The van der Waals surface area contributed by atoms with Gasteiger partial charge in [-0.25, -0.2) is 0 Å². The normalized spacial score (nSPS) is 15.0. The number of hydrogen-bond acceptors (Lipinski definition) is 3. The lowest BCUT2D eigenvalue weighted by atomic mass is 10.1. The summed E-state index contributed by atoms with van der Waals surface area (Å²) in [5.41, 5.74) is 2.10. The van der Waals surface area contributed by atoms with Crippen LogP contribution in [0.5, 0.6) is 0 Å². The lowest BCUT2D eigenvalue weighted by Crippen LogP contribution is -2.50. The Morgan fingerprint density at radius 2 is 1.80 bits per heavy atom. The number of benzene rings is 2. The van der Waals surface area contributed by atoms with Crippen molar-refractivity contribution >= 4 is 35.2 Å². The minimum atomic E-state index is -0.509. The van der Waals surface area contributed by atoms with Crippen LogP contribution in [0.2, 0.25) is 5.02 Å². The van der Waals surface area contributed by atoms with Crippen molar-refractivity contribution < 1.29 is 9.59 Å². The van der Waals surface area contributed by atoms with Crippen molar-refractivity contribution in [3.63, 3.8) is 0 Å². The first-order chi connectivity index (χ1) is 14.5. The van der Waals surface area contributed by atoms with E-state index in [1.165, 1.54) is 0 Å². The van der Waals surface area contributed by atoms with Crippen LogP contribution < -0.4 is 5.32 Å². The number of amides is 2. The van der Waals surface area contributed by atoms with Crippen LogP contribution in [0.1, 0.15) is 43.7 Å². The highest BCUT2D eigenvalue weighted by molar-refractivity contribution is 7.99. The second-order valence-electron chi connectivity index (χ2n) is 7.80. The summed E-state index contributed by atoms with van der Waals surface area (Å²) in [5.74, 6) is 0.931. The summed E-state index contributed by atoms with van der Waals surface area (Å²) in [4.78, 5) is 27.6. The summed E-state index contributed by atoms with van der Waals surface area (Å²) in [6.07, 6.45) is 4.37. The number of halogens is 1. The van der Waals surface area contributed by atoms with Crippen molar-refractivity contribution in [1.29, 1.82) is 0 Å². The Hall–Kier alpha value is -1.98. The van der Waals surface area contributed by atoms with E-state index in [0.29, 0.717) is 23.1 Å². The van der Waals surface area contributed by atoms with Crippen LogP contribution in [-0.2, 0) is 21.9 Å². The number of hydrogen-bond donors (Lipinski definition) is 1. The first-order valence-electron chi connectivity index (χ1n) is 10.5. The van der Waals surface area contributed by atoms with Crippen LogP contribution in [0.4, 0.5) is 0 Å². The van der Waals surface area contributed by atoms with Gasteiger partial charge in [0.1, 0.15) is 6.04 Å². The van der Waals surface area contributed by atoms with Crippen LogP contribution in [0.25, 0.3) is 0 Å². The van der Waals surface area contributed by atoms with Crippen molar-refractivity contribution in [2.75, 3.05) is 5.75 Å². The zero-order chi connectivity index (χ0) is 21.3. The molecule has 0 saturated heterocycles. The van der Waals surface area contributed by atoms with E-state index in [1.807, 2.05) is 61.5 Å². The fourth-order valence-electron chi connectivity index (χ4n) is 3.72. The second-order valence-corrected chi connectivity index (χ2v) is 9.22. The van der Waals surface area contributed by atoms with Crippen LogP contribution in [0.3, 0.4) is 0 Å². The van der Waals surface area contributed by atoms with Gasteiger partial charge in [0, 0.05) is 23.4 Å². The van der Waals surface area contributed by atoms with Crippen molar-refractivity contribution in [3.05, 3.63) is 70.7 Å². The molecule has 1 saturated carbocycles. The fourth-order valence-corrected chi connectivity index (χ4v) is 4.79. The zero-order valence-corrected chi connectivity index (χ0v) is 18.9. The minimum Gasteiger partial charge on any atom is -0.352 e. The summed E-state index contributed by atoms with van der Waals surface area (Å²) in [7, 11) is 0. The van der Waals surface area contributed by atoms with Gasteiger partial charge in [0.25, 0.3) is 0 Å². The topological polar surface area (TPSA) is 49.4 Å². The fraction of sp³-hybridized carbons (Fsp3) is 0.417. The van der Waals surface area contributed by atoms with Gasteiger partial charge in [-0.1, -0.05) is 66.9 Å². The van der Waals surface area contributed by atoms with Crippen LogP contribution >= 0.6 is 23.4 Å². The molecule has 1 aliphatic carbocycles. The average molecular weight is 445 g/mol. The molecule has 6 heteroatoms. The van der Waals surface area contributed by atoms with Gasteiger partial charge in [-0.2, -0.15) is 0 Å². The molecule has 0 radical (unpaired) electrons. The van der Waals surface area contributed by atoms with Gasteiger partial charge in [-0.3, -0.25) is 9.59 Å². The monoisotopic (exact) mass is 444 g/mol. The van der Waals surface area contributed by atoms with Crippen LogP contribution in [-0.4, -0.2) is 34.6 Å². The van der Waals surface area contributed by atoms with Crippen LogP contribution in [0, 0.1) is 0 Å². The zero-order valence-electron chi connectivity index (χ0n) is 17.4.